The first-order valence-electron chi connectivity index (χ1n) is 10.6. The average molecular weight is 524 g/mol. The van der Waals surface area contributed by atoms with E-state index in [1.807, 2.05) is 0 Å². The predicted octanol–water partition coefficient (Wildman–Crippen LogP) is 5.12. The van der Waals surface area contributed by atoms with E-state index >= 15 is 0 Å². The SMILES string of the molecule is COC(=O)c1cccc(NC(=O)c2ccc(NC3=C(Cl)C(=O)N(c4cc(Cl)ccc4C)C3=O)cc2)c1. The predicted molar refractivity (Wildman–Crippen MR) is 137 cm³/mol. The van der Waals surface area contributed by atoms with Gasteiger partial charge >= 0.3 is 5.97 Å². The van der Waals surface area contributed by atoms with Crippen LogP contribution in [0, 0.1) is 6.92 Å². The minimum absolute atomic E-state index is 0.0853. The lowest BCUT2D eigenvalue weighted by Gasteiger charge is -2.17. The van der Waals surface area contributed by atoms with Crippen LogP contribution < -0.4 is 15.5 Å². The van der Waals surface area contributed by atoms with Crippen LogP contribution in [0.3, 0.4) is 0 Å². The van der Waals surface area contributed by atoms with E-state index in [2.05, 4.69) is 15.4 Å². The summed E-state index contributed by atoms with van der Waals surface area (Å²) in [6.45, 7) is 1.75. The van der Waals surface area contributed by atoms with E-state index in [0.717, 1.165) is 4.90 Å². The molecule has 0 unspecified atom stereocenters. The molecule has 36 heavy (non-hydrogen) atoms. The molecule has 3 aromatic carbocycles. The molecule has 0 fully saturated rings. The van der Waals surface area contributed by atoms with Gasteiger partial charge in [-0.05, 0) is 67.1 Å². The fourth-order valence-electron chi connectivity index (χ4n) is 3.55. The molecule has 3 aromatic rings. The van der Waals surface area contributed by atoms with Gasteiger partial charge in [-0.2, -0.15) is 0 Å². The Labute approximate surface area is 216 Å². The molecule has 1 aliphatic heterocycles. The second-order valence-electron chi connectivity index (χ2n) is 7.79. The van der Waals surface area contributed by atoms with E-state index < -0.39 is 23.7 Å². The van der Waals surface area contributed by atoms with Crippen LogP contribution in [0.4, 0.5) is 17.1 Å². The van der Waals surface area contributed by atoms with E-state index in [-0.39, 0.29) is 10.7 Å². The number of amides is 3. The van der Waals surface area contributed by atoms with Gasteiger partial charge in [-0.3, -0.25) is 14.4 Å². The third kappa shape index (κ3) is 4.95. The van der Waals surface area contributed by atoms with Gasteiger partial charge in [-0.1, -0.05) is 35.3 Å². The summed E-state index contributed by atoms with van der Waals surface area (Å²) in [6, 6.07) is 17.5. The van der Waals surface area contributed by atoms with Crippen molar-refractivity contribution in [2.75, 3.05) is 22.6 Å². The molecular weight excluding hydrogens is 505 g/mol. The molecule has 3 amide bonds. The Hall–Kier alpha value is -4.14. The van der Waals surface area contributed by atoms with Gasteiger partial charge in [0.25, 0.3) is 17.7 Å². The van der Waals surface area contributed by atoms with E-state index in [4.69, 9.17) is 23.2 Å². The zero-order valence-electron chi connectivity index (χ0n) is 19.1. The highest BCUT2D eigenvalue weighted by Crippen LogP contribution is 2.33. The number of nitrogens with zero attached hydrogens (tertiary/aromatic N) is 1. The number of hydrogen-bond acceptors (Lipinski definition) is 6. The van der Waals surface area contributed by atoms with Crippen molar-refractivity contribution in [1.82, 2.24) is 0 Å². The highest BCUT2D eigenvalue weighted by molar-refractivity contribution is 6.53. The van der Waals surface area contributed by atoms with Crippen molar-refractivity contribution in [2.24, 2.45) is 0 Å². The highest BCUT2D eigenvalue weighted by atomic mass is 35.5. The maximum absolute atomic E-state index is 13.0. The summed E-state index contributed by atoms with van der Waals surface area (Å²) in [4.78, 5) is 51.1. The Kier molecular flexibility index (Phi) is 7.10. The largest absolute Gasteiger partial charge is 0.465 e. The summed E-state index contributed by atoms with van der Waals surface area (Å²) in [5, 5.41) is 5.69. The zero-order valence-corrected chi connectivity index (χ0v) is 20.6. The number of methoxy groups -OCH3 is 1. The van der Waals surface area contributed by atoms with Crippen molar-refractivity contribution in [2.45, 2.75) is 6.92 Å². The second-order valence-corrected chi connectivity index (χ2v) is 8.61. The Bertz CT molecular complexity index is 1430. The lowest BCUT2D eigenvalue weighted by Crippen LogP contribution is -2.32. The maximum Gasteiger partial charge on any atom is 0.337 e. The third-order valence-electron chi connectivity index (χ3n) is 5.40. The summed E-state index contributed by atoms with van der Waals surface area (Å²) in [5.41, 5.74) is 2.44. The molecule has 1 aliphatic rings. The van der Waals surface area contributed by atoms with Crippen molar-refractivity contribution in [1.29, 1.82) is 0 Å². The van der Waals surface area contributed by atoms with Crippen molar-refractivity contribution in [3.05, 3.63) is 99.2 Å². The summed E-state index contributed by atoms with van der Waals surface area (Å²) in [5.74, 6) is -2.21. The minimum atomic E-state index is -0.667. The maximum atomic E-state index is 13.0. The van der Waals surface area contributed by atoms with Crippen LogP contribution in [-0.4, -0.2) is 30.8 Å². The molecule has 0 aliphatic carbocycles. The van der Waals surface area contributed by atoms with Crippen LogP contribution in [-0.2, 0) is 14.3 Å². The number of carbonyl (C=O) groups is 4. The summed E-state index contributed by atoms with van der Waals surface area (Å²) < 4.78 is 4.69. The van der Waals surface area contributed by atoms with Crippen LogP contribution in [0.15, 0.2) is 77.5 Å². The number of hydrogen-bond donors (Lipinski definition) is 2. The summed E-state index contributed by atoms with van der Waals surface area (Å²) >= 11 is 12.3. The number of benzene rings is 3. The first-order valence-corrected chi connectivity index (χ1v) is 11.4. The molecule has 8 nitrogen and oxygen atoms in total. The topological polar surface area (TPSA) is 105 Å². The number of halogens is 2. The first kappa shape index (κ1) is 25.0. The van der Waals surface area contributed by atoms with E-state index in [1.54, 1.807) is 49.4 Å². The molecule has 0 atom stereocenters. The summed E-state index contributed by atoms with van der Waals surface area (Å²) in [7, 11) is 1.28. The fraction of sp³-hybridized carbons (Fsp3) is 0.0769. The molecular formula is C26H19Cl2N3O5. The van der Waals surface area contributed by atoms with Gasteiger partial charge in [-0.25, -0.2) is 9.69 Å². The Morgan fingerprint density at radius 2 is 1.58 bits per heavy atom. The number of carbonyl (C=O) groups excluding carboxylic acids is 4. The Morgan fingerprint density at radius 1 is 0.861 bits per heavy atom. The molecule has 0 radical (unpaired) electrons. The lowest BCUT2D eigenvalue weighted by atomic mass is 10.1. The van der Waals surface area contributed by atoms with Crippen molar-refractivity contribution in [3.63, 3.8) is 0 Å². The molecule has 182 valence electrons. The van der Waals surface area contributed by atoms with Gasteiger partial charge in [0.2, 0.25) is 0 Å². The molecule has 0 saturated heterocycles. The van der Waals surface area contributed by atoms with Gasteiger partial charge in [-0.15, -0.1) is 0 Å². The molecule has 4 rings (SSSR count). The van der Waals surface area contributed by atoms with Gasteiger partial charge < -0.3 is 15.4 Å². The number of esters is 1. The average Bonchev–Trinajstić information content (AvgIpc) is 3.08. The fourth-order valence-corrected chi connectivity index (χ4v) is 3.93. The minimum Gasteiger partial charge on any atom is -0.465 e. The quantitative estimate of drug-likeness (QED) is 0.343. The van der Waals surface area contributed by atoms with E-state index in [1.165, 1.54) is 31.4 Å². The molecule has 1 heterocycles. The van der Waals surface area contributed by atoms with Crippen molar-refractivity contribution >= 4 is 64.0 Å². The monoisotopic (exact) mass is 523 g/mol. The number of rotatable bonds is 6. The van der Waals surface area contributed by atoms with Crippen LogP contribution in [0.25, 0.3) is 0 Å². The first-order chi connectivity index (χ1) is 17.2. The number of imide groups is 1. The number of ether oxygens (including phenoxy) is 1. The molecule has 0 bridgehead atoms. The van der Waals surface area contributed by atoms with Gasteiger partial charge in [0.1, 0.15) is 10.7 Å². The van der Waals surface area contributed by atoms with Crippen molar-refractivity contribution < 1.29 is 23.9 Å². The smallest absolute Gasteiger partial charge is 0.337 e. The van der Waals surface area contributed by atoms with Crippen LogP contribution in [0.2, 0.25) is 5.02 Å². The second kappa shape index (κ2) is 10.2. The van der Waals surface area contributed by atoms with Gasteiger partial charge in [0.15, 0.2) is 0 Å². The number of anilines is 3. The van der Waals surface area contributed by atoms with E-state index in [9.17, 15) is 19.2 Å². The van der Waals surface area contributed by atoms with E-state index in [0.29, 0.717) is 38.8 Å². The summed E-state index contributed by atoms with van der Waals surface area (Å²) in [6.07, 6.45) is 0. The van der Waals surface area contributed by atoms with Gasteiger partial charge in [0, 0.05) is 22.0 Å². The van der Waals surface area contributed by atoms with Crippen LogP contribution in [0.5, 0.6) is 0 Å². The lowest BCUT2D eigenvalue weighted by molar-refractivity contribution is -0.120. The number of nitrogens with one attached hydrogen (secondary N) is 2. The van der Waals surface area contributed by atoms with Crippen LogP contribution in [0.1, 0.15) is 26.3 Å². The van der Waals surface area contributed by atoms with Crippen LogP contribution >= 0.6 is 23.2 Å². The molecule has 2 N–H and O–H groups in total. The molecule has 10 heteroatoms. The molecule has 0 spiro atoms. The Morgan fingerprint density at radius 3 is 2.28 bits per heavy atom. The highest BCUT2D eigenvalue weighted by Gasteiger charge is 2.39. The molecule has 0 aromatic heterocycles. The zero-order chi connectivity index (χ0) is 26.0. The Balaban J connectivity index is 1.48. The third-order valence-corrected chi connectivity index (χ3v) is 5.98. The molecule has 0 saturated carbocycles. The normalized spacial score (nSPS) is 13.2. The van der Waals surface area contributed by atoms with Crippen molar-refractivity contribution in [3.8, 4) is 0 Å². The number of aryl methyl sites for hydroxylation is 1. The standard InChI is InChI=1S/C26H19Cl2N3O5/c1-14-6-9-17(27)13-20(14)31-24(33)21(28)22(25(31)34)29-18-10-7-15(8-11-18)23(32)30-19-5-3-4-16(12-19)26(35)36-2/h3-13,29H,1-2H3,(H,30,32). The van der Waals surface area contributed by atoms with Gasteiger partial charge in [0.05, 0.1) is 18.4 Å².